The number of benzene rings is 2. The molecule has 0 radical (unpaired) electrons. The van der Waals surface area contributed by atoms with Crippen LogP contribution < -0.4 is 9.44 Å². The number of rotatable bonds is 6. The van der Waals surface area contributed by atoms with E-state index in [-0.39, 0.29) is 14.8 Å². The molecule has 1 heterocycles. The van der Waals surface area contributed by atoms with E-state index in [2.05, 4.69) is 9.44 Å². The van der Waals surface area contributed by atoms with E-state index in [1.807, 2.05) is 0 Å². The van der Waals surface area contributed by atoms with Crippen LogP contribution in [0.25, 0.3) is 0 Å². The number of anilines is 2. The molecule has 0 unspecified atom stereocenters. The highest BCUT2D eigenvalue weighted by Gasteiger charge is 2.19. The summed E-state index contributed by atoms with van der Waals surface area (Å²) in [5.41, 5.74) is 0.500. The molecule has 10 heteroatoms. The van der Waals surface area contributed by atoms with Gasteiger partial charge in [0, 0.05) is 15.6 Å². The highest BCUT2D eigenvalue weighted by atomic mass is 35.5. The summed E-state index contributed by atoms with van der Waals surface area (Å²) in [7, 11) is -7.67. The minimum Gasteiger partial charge on any atom is -0.280 e. The molecular weight excluding hydrogens is 428 g/mol. The van der Waals surface area contributed by atoms with Crippen molar-refractivity contribution < 1.29 is 16.8 Å². The highest BCUT2D eigenvalue weighted by molar-refractivity contribution is 7.94. The van der Waals surface area contributed by atoms with Crippen molar-refractivity contribution in [1.29, 1.82) is 0 Å². The lowest BCUT2D eigenvalue weighted by atomic mass is 10.3. The summed E-state index contributed by atoms with van der Waals surface area (Å²) in [5, 5.41) is 0.484. The van der Waals surface area contributed by atoms with Gasteiger partial charge in [-0.2, -0.15) is 0 Å². The van der Waals surface area contributed by atoms with E-state index in [9.17, 15) is 16.8 Å². The van der Waals surface area contributed by atoms with Gasteiger partial charge in [-0.25, -0.2) is 16.8 Å². The number of aryl methyl sites for hydroxylation is 1. The Kier molecular flexibility index (Phi) is 5.48. The predicted molar refractivity (Wildman–Crippen MR) is 109 cm³/mol. The van der Waals surface area contributed by atoms with Crippen molar-refractivity contribution in [3.05, 3.63) is 70.6 Å². The van der Waals surface area contributed by atoms with Gasteiger partial charge in [-0.15, -0.1) is 11.3 Å². The number of sulfonamides is 2. The first-order chi connectivity index (χ1) is 12.7. The molecule has 0 aliphatic rings. The molecule has 0 saturated carbocycles. The fourth-order valence-corrected chi connectivity index (χ4v) is 5.78. The first-order valence-electron chi connectivity index (χ1n) is 7.63. The Morgan fingerprint density at radius 1 is 0.815 bits per heavy atom. The molecule has 27 heavy (non-hydrogen) atoms. The van der Waals surface area contributed by atoms with Gasteiger partial charge in [0.2, 0.25) is 0 Å². The van der Waals surface area contributed by atoms with E-state index < -0.39 is 20.0 Å². The van der Waals surface area contributed by atoms with Crippen LogP contribution in [0.15, 0.2) is 69.8 Å². The van der Waals surface area contributed by atoms with Crippen LogP contribution in [-0.2, 0) is 20.0 Å². The minimum absolute atomic E-state index is 0.0694. The monoisotopic (exact) mass is 442 g/mol. The van der Waals surface area contributed by atoms with E-state index in [0.717, 1.165) is 16.2 Å². The Morgan fingerprint density at radius 2 is 1.48 bits per heavy atom. The van der Waals surface area contributed by atoms with Crippen LogP contribution in [0.4, 0.5) is 11.4 Å². The maximum absolute atomic E-state index is 12.6. The third kappa shape index (κ3) is 4.81. The van der Waals surface area contributed by atoms with Crippen LogP contribution in [-0.4, -0.2) is 16.8 Å². The molecule has 0 bridgehead atoms. The molecular formula is C17H15ClN2O4S3. The zero-order valence-corrected chi connectivity index (χ0v) is 17.2. The van der Waals surface area contributed by atoms with Gasteiger partial charge < -0.3 is 0 Å². The van der Waals surface area contributed by atoms with Crippen LogP contribution in [0, 0.1) is 6.92 Å². The fraction of sp³-hybridized carbons (Fsp3) is 0.0588. The van der Waals surface area contributed by atoms with Gasteiger partial charge in [-0.3, -0.25) is 9.44 Å². The van der Waals surface area contributed by atoms with Crippen LogP contribution in [0.3, 0.4) is 0 Å². The predicted octanol–water partition coefficient (Wildman–Crippen LogP) is 4.31. The van der Waals surface area contributed by atoms with Gasteiger partial charge in [0.05, 0.1) is 10.6 Å². The number of thiophene rings is 1. The molecule has 0 aliphatic heterocycles. The van der Waals surface area contributed by atoms with Gasteiger partial charge in [0.15, 0.2) is 0 Å². The van der Waals surface area contributed by atoms with Crippen molar-refractivity contribution in [2.24, 2.45) is 0 Å². The van der Waals surface area contributed by atoms with E-state index in [1.165, 1.54) is 42.5 Å². The summed E-state index contributed by atoms with van der Waals surface area (Å²) in [5.74, 6) is 0. The second kappa shape index (κ2) is 7.51. The number of halogens is 1. The maximum atomic E-state index is 12.6. The van der Waals surface area contributed by atoms with Crippen molar-refractivity contribution in [3.8, 4) is 0 Å². The lowest BCUT2D eigenvalue weighted by Gasteiger charge is -2.11. The van der Waals surface area contributed by atoms with Crippen LogP contribution in [0.1, 0.15) is 4.88 Å². The third-order valence-corrected chi connectivity index (χ3v) is 7.98. The molecule has 3 aromatic rings. The van der Waals surface area contributed by atoms with Crippen molar-refractivity contribution in [3.63, 3.8) is 0 Å². The average Bonchev–Trinajstić information content (AvgIpc) is 3.04. The summed E-state index contributed by atoms with van der Waals surface area (Å²) in [6.45, 7) is 1.80. The molecule has 1 aromatic heterocycles. The molecule has 3 rings (SSSR count). The van der Waals surface area contributed by atoms with Crippen LogP contribution in [0.5, 0.6) is 0 Å². The van der Waals surface area contributed by atoms with Gasteiger partial charge in [0.25, 0.3) is 20.0 Å². The standard InChI is InChI=1S/C17H15ClN2O4S3/c1-12-5-10-17(25-12)27(23,24)20-15-3-2-4-16(11-15)26(21,22)19-14-8-6-13(18)7-9-14/h2-11,19-20H,1H3. The topological polar surface area (TPSA) is 92.3 Å². The van der Waals surface area contributed by atoms with Crippen molar-refractivity contribution in [1.82, 2.24) is 0 Å². The van der Waals surface area contributed by atoms with Gasteiger partial charge in [-0.05, 0) is 61.5 Å². The lowest BCUT2D eigenvalue weighted by molar-refractivity contribution is 0.599. The quantitative estimate of drug-likeness (QED) is 0.594. The van der Waals surface area contributed by atoms with Crippen LogP contribution >= 0.6 is 22.9 Å². The highest BCUT2D eigenvalue weighted by Crippen LogP contribution is 2.25. The Hall–Kier alpha value is -2.07. The average molecular weight is 443 g/mol. The summed E-state index contributed by atoms with van der Waals surface area (Å²) in [6, 6.07) is 15.0. The van der Waals surface area contributed by atoms with E-state index in [0.29, 0.717) is 10.7 Å². The summed E-state index contributed by atoms with van der Waals surface area (Å²) >= 11 is 6.93. The third-order valence-electron chi connectivity index (χ3n) is 3.47. The molecule has 2 N–H and O–H groups in total. The maximum Gasteiger partial charge on any atom is 0.271 e. The van der Waals surface area contributed by atoms with Gasteiger partial charge in [-0.1, -0.05) is 17.7 Å². The van der Waals surface area contributed by atoms with Crippen molar-refractivity contribution >= 4 is 54.4 Å². The van der Waals surface area contributed by atoms with Gasteiger partial charge >= 0.3 is 0 Å². The van der Waals surface area contributed by atoms with Crippen LogP contribution in [0.2, 0.25) is 5.02 Å². The first kappa shape index (κ1) is 19.7. The van der Waals surface area contributed by atoms with E-state index in [4.69, 9.17) is 11.6 Å². The van der Waals surface area contributed by atoms with Gasteiger partial charge in [0.1, 0.15) is 4.21 Å². The molecule has 2 aromatic carbocycles. The Balaban J connectivity index is 1.85. The molecule has 0 amide bonds. The Morgan fingerprint density at radius 3 is 2.11 bits per heavy atom. The zero-order valence-electron chi connectivity index (χ0n) is 14.0. The largest absolute Gasteiger partial charge is 0.280 e. The molecule has 6 nitrogen and oxygen atoms in total. The first-order valence-corrected chi connectivity index (χ1v) is 11.8. The normalized spacial score (nSPS) is 11.9. The molecule has 0 fully saturated rings. The van der Waals surface area contributed by atoms with E-state index in [1.54, 1.807) is 25.1 Å². The lowest BCUT2D eigenvalue weighted by Crippen LogP contribution is -2.15. The second-order valence-electron chi connectivity index (χ2n) is 5.61. The molecule has 0 saturated heterocycles. The smallest absolute Gasteiger partial charge is 0.271 e. The molecule has 142 valence electrons. The second-order valence-corrected chi connectivity index (χ2v) is 10.9. The number of nitrogens with one attached hydrogen (secondary N) is 2. The summed E-state index contributed by atoms with van der Waals surface area (Å²) in [6.07, 6.45) is 0. The fourth-order valence-electron chi connectivity index (χ4n) is 2.22. The summed E-state index contributed by atoms with van der Waals surface area (Å²) < 4.78 is 54.9. The Bertz CT molecular complexity index is 1170. The van der Waals surface area contributed by atoms with Crippen molar-refractivity contribution in [2.45, 2.75) is 16.0 Å². The Labute approximate surface area is 166 Å². The zero-order chi connectivity index (χ0) is 19.7. The van der Waals surface area contributed by atoms with Crippen molar-refractivity contribution in [2.75, 3.05) is 9.44 Å². The molecule has 0 aliphatic carbocycles. The SMILES string of the molecule is Cc1ccc(S(=O)(=O)Nc2cccc(S(=O)(=O)Nc3ccc(Cl)cc3)c2)s1. The molecule has 0 atom stereocenters. The minimum atomic E-state index is -3.89. The molecule has 0 spiro atoms. The van der Waals surface area contributed by atoms with E-state index >= 15 is 0 Å². The summed E-state index contributed by atoms with van der Waals surface area (Å²) in [4.78, 5) is 0.791. The number of hydrogen-bond acceptors (Lipinski definition) is 5. The number of hydrogen-bond donors (Lipinski definition) is 2.